The standard InChI is InChI=1S/C22H20F6N4O/c1-32(17-10-18(21(23,24)25)31-19(11-17)22(26,27)28)16-8-6-15(7-9-16)30-20(33)14-4-2-13(12-29)3-5-14/h2-5,10-11,15-16H,6-9H2,1H3,(H,30,33)/t15-,16+. The molecule has 1 aromatic carbocycles. The molecular formula is C22H20F6N4O. The molecule has 1 aliphatic carbocycles. The number of carbonyl (C=O) groups excluding carboxylic acids is 1. The zero-order valence-corrected chi connectivity index (χ0v) is 17.5. The van der Waals surface area contributed by atoms with Gasteiger partial charge < -0.3 is 10.2 Å². The number of alkyl halides is 6. The fourth-order valence-electron chi connectivity index (χ4n) is 3.79. The first-order valence-corrected chi connectivity index (χ1v) is 10.1. The van der Waals surface area contributed by atoms with E-state index in [0.717, 1.165) is 0 Å². The van der Waals surface area contributed by atoms with Crippen LogP contribution in [0, 0.1) is 11.3 Å². The van der Waals surface area contributed by atoms with Gasteiger partial charge in [0, 0.05) is 30.4 Å². The number of pyridine rings is 1. The van der Waals surface area contributed by atoms with Gasteiger partial charge in [-0.1, -0.05) is 0 Å². The molecule has 176 valence electrons. The monoisotopic (exact) mass is 470 g/mol. The van der Waals surface area contributed by atoms with Crippen LogP contribution in [-0.2, 0) is 12.4 Å². The van der Waals surface area contributed by atoms with E-state index >= 15 is 0 Å². The predicted octanol–water partition coefficient (Wildman–Crippen LogP) is 5.17. The molecule has 2 aromatic rings. The second-order valence-corrected chi connectivity index (χ2v) is 7.87. The van der Waals surface area contributed by atoms with Crippen LogP contribution in [0.3, 0.4) is 0 Å². The third-order valence-electron chi connectivity index (χ3n) is 5.65. The van der Waals surface area contributed by atoms with Gasteiger partial charge in [-0.05, 0) is 62.1 Å². The smallest absolute Gasteiger partial charge is 0.371 e. The lowest BCUT2D eigenvalue weighted by molar-refractivity contribution is -0.150. The molecule has 1 aliphatic rings. The number of halogens is 6. The SMILES string of the molecule is CN(c1cc(C(F)(F)F)nc(C(F)(F)F)c1)[C@H]1CC[C@@H](NC(=O)c2ccc(C#N)cc2)CC1. The summed E-state index contributed by atoms with van der Waals surface area (Å²) in [5.41, 5.74) is -2.59. The van der Waals surface area contributed by atoms with Crippen LogP contribution in [0.4, 0.5) is 32.0 Å². The molecule has 0 bridgehead atoms. The van der Waals surface area contributed by atoms with E-state index in [1.54, 1.807) is 0 Å². The van der Waals surface area contributed by atoms with Crippen molar-refractivity contribution < 1.29 is 31.1 Å². The summed E-state index contributed by atoms with van der Waals surface area (Å²) < 4.78 is 78.6. The maximum Gasteiger partial charge on any atom is 0.433 e. The molecule has 0 atom stereocenters. The van der Waals surface area contributed by atoms with Crippen molar-refractivity contribution in [2.75, 3.05) is 11.9 Å². The minimum Gasteiger partial charge on any atom is -0.371 e. The Hall–Kier alpha value is -3.29. The lowest BCUT2D eigenvalue weighted by Gasteiger charge is -2.36. The van der Waals surface area contributed by atoms with E-state index in [1.807, 2.05) is 6.07 Å². The Bertz CT molecular complexity index is 1000. The van der Waals surface area contributed by atoms with E-state index < -0.39 is 23.7 Å². The zero-order valence-electron chi connectivity index (χ0n) is 17.5. The summed E-state index contributed by atoms with van der Waals surface area (Å²) in [5, 5.41) is 11.7. The van der Waals surface area contributed by atoms with Crippen molar-refractivity contribution in [2.45, 2.75) is 50.1 Å². The average Bonchev–Trinajstić information content (AvgIpc) is 2.77. The van der Waals surface area contributed by atoms with E-state index in [0.29, 0.717) is 48.9 Å². The minimum absolute atomic E-state index is 0.174. The molecule has 1 saturated carbocycles. The van der Waals surface area contributed by atoms with Gasteiger partial charge in [-0.2, -0.15) is 31.6 Å². The van der Waals surface area contributed by atoms with Crippen LogP contribution in [0.5, 0.6) is 0 Å². The van der Waals surface area contributed by atoms with Crippen molar-refractivity contribution in [3.63, 3.8) is 0 Å². The lowest BCUT2D eigenvalue weighted by Crippen LogP contribution is -2.43. The number of aromatic nitrogens is 1. The van der Waals surface area contributed by atoms with Gasteiger partial charge in [-0.3, -0.25) is 4.79 Å². The van der Waals surface area contributed by atoms with Gasteiger partial charge in [0.2, 0.25) is 0 Å². The van der Waals surface area contributed by atoms with Gasteiger partial charge in [0.15, 0.2) is 0 Å². The van der Waals surface area contributed by atoms with Crippen LogP contribution in [0.15, 0.2) is 36.4 Å². The third kappa shape index (κ3) is 5.94. The number of nitriles is 1. The molecule has 5 nitrogen and oxygen atoms in total. The van der Waals surface area contributed by atoms with Gasteiger partial charge >= 0.3 is 12.4 Å². The van der Waals surface area contributed by atoms with Crippen LogP contribution >= 0.6 is 0 Å². The van der Waals surface area contributed by atoms with Crippen LogP contribution in [0.25, 0.3) is 0 Å². The highest BCUT2D eigenvalue weighted by Gasteiger charge is 2.39. The molecule has 1 aromatic heterocycles. The van der Waals surface area contributed by atoms with Gasteiger partial charge in [-0.25, -0.2) is 4.98 Å². The van der Waals surface area contributed by atoms with Crippen molar-refractivity contribution in [3.8, 4) is 6.07 Å². The maximum absolute atomic E-state index is 13.1. The highest BCUT2D eigenvalue weighted by atomic mass is 19.4. The highest BCUT2D eigenvalue weighted by Crippen LogP contribution is 2.37. The van der Waals surface area contributed by atoms with E-state index in [-0.39, 0.29) is 23.7 Å². The number of amides is 1. The molecule has 0 spiro atoms. The average molecular weight is 470 g/mol. The summed E-state index contributed by atoms with van der Waals surface area (Å²) in [7, 11) is 1.45. The van der Waals surface area contributed by atoms with E-state index in [1.165, 1.54) is 36.2 Å². The Morgan fingerprint density at radius 1 is 1.00 bits per heavy atom. The molecule has 33 heavy (non-hydrogen) atoms. The summed E-state index contributed by atoms with van der Waals surface area (Å²) in [6, 6.07) is 8.86. The topological polar surface area (TPSA) is 69.0 Å². The Morgan fingerprint density at radius 2 is 1.52 bits per heavy atom. The summed E-state index contributed by atoms with van der Waals surface area (Å²) in [5.74, 6) is -0.310. The number of benzene rings is 1. The first kappa shape index (κ1) is 24.4. The predicted molar refractivity (Wildman–Crippen MR) is 107 cm³/mol. The zero-order chi connectivity index (χ0) is 24.4. The minimum atomic E-state index is -5.01. The van der Waals surface area contributed by atoms with Gasteiger partial charge in [0.05, 0.1) is 11.6 Å². The molecule has 1 N–H and O–H groups in total. The molecule has 0 radical (unpaired) electrons. The molecule has 0 saturated heterocycles. The number of nitrogens with zero attached hydrogens (tertiary/aromatic N) is 3. The first-order chi connectivity index (χ1) is 15.4. The van der Waals surface area contributed by atoms with Crippen molar-refractivity contribution in [1.82, 2.24) is 10.3 Å². The quantitative estimate of drug-likeness (QED) is 0.627. The maximum atomic E-state index is 13.1. The molecule has 1 amide bonds. The van der Waals surface area contributed by atoms with Crippen LogP contribution in [0.2, 0.25) is 0 Å². The molecule has 0 aliphatic heterocycles. The number of rotatable bonds is 4. The van der Waals surface area contributed by atoms with Gasteiger partial charge in [0.25, 0.3) is 5.91 Å². The normalized spacial score (nSPS) is 19.0. The van der Waals surface area contributed by atoms with E-state index in [2.05, 4.69) is 10.3 Å². The Kier molecular flexibility index (Phi) is 6.86. The fourth-order valence-corrected chi connectivity index (χ4v) is 3.79. The molecule has 11 heteroatoms. The highest BCUT2D eigenvalue weighted by molar-refractivity contribution is 5.94. The second-order valence-electron chi connectivity index (χ2n) is 7.87. The number of nitrogens with one attached hydrogen (secondary N) is 1. The molecule has 3 rings (SSSR count). The summed E-state index contributed by atoms with van der Waals surface area (Å²) in [4.78, 5) is 16.5. The summed E-state index contributed by atoms with van der Waals surface area (Å²) >= 11 is 0. The molecule has 1 heterocycles. The largest absolute Gasteiger partial charge is 0.433 e. The van der Waals surface area contributed by atoms with Crippen molar-refractivity contribution in [3.05, 3.63) is 58.9 Å². The van der Waals surface area contributed by atoms with Gasteiger partial charge in [-0.15, -0.1) is 0 Å². The van der Waals surface area contributed by atoms with Crippen molar-refractivity contribution in [2.24, 2.45) is 0 Å². The number of anilines is 1. The van der Waals surface area contributed by atoms with Crippen LogP contribution in [-0.4, -0.2) is 30.0 Å². The van der Waals surface area contributed by atoms with Crippen LogP contribution < -0.4 is 10.2 Å². The van der Waals surface area contributed by atoms with E-state index in [9.17, 15) is 31.1 Å². The third-order valence-corrected chi connectivity index (χ3v) is 5.65. The molecule has 1 fully saturated rings. The van der Waals surface area contributed by atoms with Crippen molar-refractivity contribution >= 4 is 11.6 Å². The summed E-state index contributed by atoms with van der Waals surface area (Å²) in [6.45, 7) is 0. The summed E-state index contributed by atoms with van der Waals surface area (Å²) in [6.07, 6.45) is -8.05. The number of carbonyl (C=O) groups is 1. The first-order valence-electron chi connectivity index (χ1n) is 10.1. The molecule has 0 unspecified atom stereocenters. The van der Waals surface area contributed by atoms with E-state index in [4.69, 9.17) is 5.26 Å². The Morgan fingerprint density at radius 3 is 1.97 bits per heavy atom. The number of hydrogen-bond donors (Lipinski definition) is 1. The molecular weight excluding hydrogens is 450 g/mol. The Balaban J connectivity index is 1.67. The van der Waals surface area contributed by atoms with Crippen LogP contribution in [0.1, 0.15) is 53.0 Å². The lowest BCUT2D eigenvalue weighted by atomic mass is 9.90. The Labute approximate surface area is 186 Å². The van der Waals surface area contributed by atoms with Crippen molar-refractivity contribution in [1.29, 1.82) is 5.26 Å². The second kappa shape index (κ2) is 9.29. The fraction of sp³-hybridized carbons (Fsp3) is 0.409. The number of hydrogen-bond acceptors (Lipinski definition) is 4. The van der Waals surface area contributed by atoms with Gasteiger partial charge in [0.1, 0.15) is 11.4 Å².